The molecule has 0 radical (unpaired) electrons. The molecule has 2 heteroatoms. The van der Waals surface area contributed by atoms with Crippen molar-refractivity contribution in [2.45, 2.75) is 6.42 Å². The van der Waals surface area contributed by atoms with Crippen molar-refractivity contribution in [2.75, 3.05) is 0 Å². The normalized spacial score (nSPS) is 18.3. The summed E-state index contributed by atoms with van der Waals surface area (Å²) in [4.78, 5) is 0. The van der Waals surface area contributed by atoms with Gasteiger partial charge in [0.25, 0.3) is 0 Å². The summed E-state index contributed by atoms with van der Waals surface area (Å²) >= 11 is 0. The third-order valence-corrected chi connectivity index (χ3v) is 1.26. The van der Waals surface area contributed by atoms with E-state index >= 15 is 0 Å². The number of hydrogen-bond acceptors (Lipinski definition) is 1. The first-order chi connectivity index (χ1) is 4.30. The number of quaternary nitrogens is 1. The van der Waals surface area contributed by atoms with Crippen LogP contribution in [0.4, 0.5) is 0 Å². The lowest BCUT2D eigenvalue weighted by atomic mass is 10.3. The average Bonchev–Trinajstić information content (AvgIpc) is 1.99. The fourth-order valence-corrected chi connectivity index (χ4v) is 0.687. The summed E-state index contributed by atoms with van der Waals surface area (Å²) in [6.45, 7) is 0. The van der Waals surface area contributed by atoms with Crippen LogP contribution >= 0.6 is 0 Å². The first-order valence-corrected chi connectivity index (χ1v) is 2.95. The van der Waals surface area contributed by atoms with Crippen molar-refractivity contribution < 1.29 is 5.73 Å². The summed E-state index contributed by atoms with van der Waals surface area (Å²) in [5.41, 5.74) is 11.0. The first kappa shape index (κ1) is 6.11. The van der Waals surface area contributed by atoms with Gasteiger partial charge in [0, 0.05) is 0 Å². The molecule has 0 heterocycles. The second-order valence-electron chi connectivity index (χ2n) is 2.02. The number of rotatable bonds is 0. The maximum absolute atomic E-state index is 5.56. The molecule has 0 aromatic heterocycles. The van der Waals surface area contributed by atoms with Gasteiger partial charge in [0.05, 0.1) is 5.70 Å². The minimum Gasteiger partial charge on any atom is -0.394 e. The molecule has 1 rings (SSSR count). The van der Waals surface area contributed by atoms with E-state index in [0.29, 0.717) is 0 Å². The fourth-order valence-electron chi connectivity index (χ4n) is 0.687. The summed E-state index contributed by atoms with van der Waals surface area (Å²) in [5.74, 6) is 0. The van der Waals surface area contributed by atoms with Gasteiger partial charge in [0.2, 0.25) is 0 Å². The van der Waals surface area contributed by atoms with Gasteiger partial charge in [-0.3, -0.25) is 0 Å². The van der Waals surface area contributed by atoms with Gasteiger partial charge in [-0.2, -0.15) is 0 Å². The molecule has 9 heavy (non-hydrogen) atoms. The zero-order valence-corrected chi connectivity index (χ0v) is 5.30. The number of nitrogens with two attached hydrogens (primary N) is 1. The highest BCUT2D eigenvalue weighted by Crippen LogP contribution is 2.00. The largest absolute Gasteiger partial charge is 0.394 e. The van der Waals surface area contributed by atoms with Crippen LogP contribution in [-0.2, 0) is 0 Å². The molecule has 0 bridgehead atoms. The standard InChI is InChI=1S/C7H10N2/c8-6-4-2-1-3-5-7(6)9/h2-5H,1,8-9H2/p+1. The van der Waals surface area contributed by atoms with Crippen molar-refractivity contribution in [3.8, 4) is 0 Å². The Labute approximate surface area is 54.5 Å². The van der Waals surface area contributed by atoms with Crippen LogP contribution in [0.25, 0.3) is 0 Å². The first-order valence-electron chi connectivity index (χ1n) is 2.95. The van der Waals surface area contributed by atoms with Crippen LogP contribution < -0.4 is 11.5 Å². The molecule has 0 atom stereocenters. The van der Waals surface area contributed by atoms with Gasteiger partial charge in [-0.1, -0.05) is 12.2 Å². The van der Waals surface area contributed by atoms with E-state index in [0.717, 1.165) is 17.8 Å². The summed E-state index contributed by atoms with van der Waals surface area (Å²) < 4.78 is 0. The van der Waals surface area contributed by atoms with Gasteiger partial charge in [0.15, 0.2) is 5.70 Å². The van der Waals surface area contributed by atoms with Gasteiger partial charge >= 0.3 is 0 Å². The van der Waals surface area contributed by atoms with E-state index in [2.05, 4.69) is 5.73 Å². The molecule has 0 saturated carbocycles. The van der Waals surface area contributed by atoms with Gasteiger partial charge < -0.3 is 11.5 Å². The zero-order chi connectivity index (χ0) is 6.69. The molecule has 1 aliphatic rings. The molecule has 48 valence electrons. The Kier molecular flexibility index (Phi) is 1.70. The third-order valence-electron chi connectivity index (χ3n) is 1.26. The van der Waals surface area contributed by atoms with Crippen molar-refractivity contribution in [3.05, 3.63) is 35.7 Å². The van der Waals surface area contributed by atoms with Gasteiger partial charge in [0.1, 0.15) is 0 Å². The van der Waals surface area contributed by atoms with E-state index in [4.69, 9.17) is 5.73 Å². The van der Waals surface area contributed by atoms with Crippen LogP contribution in [0, 0.1) is 0 Å². The fraction of sp³-hybridized carbons (Fsp3) is 0.143. The van der Waals surface area contributed by atoms with Crippen molar-refractivity contribution in [2.24, 2.45) is 5.73 Å². The SMILES string of the molecule is NC1=C([NH3+])C=CCC=C1. The predicted octanol–water partition coefficient (Wildman–Crippen LogP) is -0.0853. The minimum absolute atomic E-state index is 0.767. The molecule has 0 saturated heterocycles. The predicted molar refractivity (Wildman–Crippen MR) is 37.0 cm³/mol. The molecule has 0 unspecified atom stereocenters. The quantitative estimate of drug-likeness (QED) is 0.465. The Morgan fingerprint density at radius 2 is 2.00 bits per heavy atom. The lowest BCUT2D eigenvalue weighted by molar-refractivity contribution is -0.296. The topological polar surface area (TPSA) is 53.7 Å². The molecular formula is C7H11N2+. The van der Waals surface area contributed by atoms with Crippen molar-refractivity contribution in [3.63, 3.8) is 0 Å². The van der Waals surface area contributed by atoms with Crippen LogP contribution in [0.2, 0.25) is 0 Å². The zero-order valence-electron chi connectivity index (χ0n) is 5.30. The van der Waals surface area contributed by atoms with Gasteiger partial charge in [-0.05, 0) is 18.6 Å². The summed E-state index contributed by atoms with van der Waals surface area (Å²) in [6, 6.07) is 0. The van der Waals surface area contributed by atoms with Gasteiger partial charge in [-0.15, -0.1) is 0 Å². The summed E-state index contributed by atoms with van der Waals surface area (Å²) in [7, 11) is 0. The van der Waals surface area contributed by atoms with Gasteiger partial charge in [-0.25, -0.2) is 0 Å². The number of allylic oxidation sites excluding steroid dienone is 4. The maximum atomic E-state index is 5.56. The van der Waals surface area contributed by atoms with Crippen LogP contribution in [0.3, 0.4) is 0 Å². The van der Waals surface area contributed by atoms with E-state index in [1.54, 1.807) is 0 Å². The Morgan fingerprint density at radius 1 is 1.33 bits per heavy atom. The molecule has 0 aliphatic heterocycles. The molecule has 0 aromatic carbocycles. The van der Waals surface area contributed by atoms with Crippen LogP contribution in [0.15, 0.2) is 35.7 Å². The third kappa shape index (κ3) is 1.44. The maximum Gasteiger partial charge on any atom is 0.150 e. The smallest absolute Gasteiger partial charge is 0.150 e. The molecule has 0 spiro atoms. The highest BCUT2D eigenvalue weighted by Gasteiger charge is 1.95. The van der Waals surface area contributed by atoms with Crippen molar-refractivity contribution >= 4 is 0 Å². The van der Waals surface area contributed by atoms with Crippen LogP contribution in [0.1, 0.15) is 6.42 Å². The summed E-state index contributed by atoms with van der Waals surface area (Å²) in [6.07, 6.45) is 8.85. The average molecular weight is 123 g/mol. The van der Waals surface area contributed by atoms with E-state index in [-0.39, 0.29) is 0 Å². The molecule has 5 N–H and O–H groups in total. The number of hydrogen-bond donors (Lipinski definition) is 2. The lowest BCUT2D eigenvalue weighted by Gasteiger charge is -1.88. The van der Waals surface area contributed by atoms with E-state index < -0.39 is 0 Å². The second-order valence-corrected chi connectivity index (χ2v) is 2.02. The minimum atomic E-state index is 0.767. The highest BCUT2D eigenvalue weighted by atomic mass is 14.7. The highest BCUT2D eigenvalue weighted by molar-refractivity contribution is 5.27. The molecular weight excluding hydrogens is 112 g/mol. The Morgan fingerprint density at radius 3 is 2.78 bits per heavy atom. The molecule has 1 aliphatic carbocycles. The van der Waals surface area contributed by atoms with E-state index in [9.17, 15) is 0 Å². The lowest BCUT2D eigenvalue weighted by Crippen LogP contribution is -2.48. The van der Waals surface area contributed by atoms with Crippen LogP contribution in [0.5, 0.6) is 0 Å². The Balaban J connectivity index is 2.90. The monoisotopic (exact) mass is 123 g/mol. The molecule has 0 amide bonds. The molecule has 0 fully saturated rings. The summed E-state index contributed by atoms with van der Waals surface area (Å²) in [5, 5.41) is 0. The Hall–Kier alpha value is -1.02. The van der Waals surface area contributed by atoms with Crippen molar-refractivity contribution in [1.82, 2.24) is 0 Å². The van der Waals surface area contributed by atoms with Crippen molar-refractivity contribution in [1.29, 1.82) is 0 Å². The Bertz CT molecular complexity index is 167. The van der Waals surface area contributed by atoms with E-state index in [1.165, 1.54) is 0 Å². The molecule has 0 aromatic rings. The second kappa shape index (κ2) is 2.51. The van der Waals surface area contributed by atoms with Crippen LogP contribution in [-0.4, -0.2) is 0 Å². The molecule has 2 nitrogen and oxygen atoms in total. The van der Waals surface area contributed by atoms with E-state index in [1.807, 2.05) is 24.3 Å².